The van der Waals surface area contributed by atoms with Gasteiger partial charge in [0.05, 0.1) is 11.3 Å². The number of amides is 1. The van der Waals surface area contributed by atoms with Crippen molar-refractivity contribution in [1.29, 1.82) is 0 Å². The van der Waals surface area contributed by atoms with Gasteiger partial charge in [0.15, 0.2) is 0 Å². The van der Waals surface area contributed by atoms with Gasteiger partial charge < -0.3 is 5.32 Å². The van der Waals surface area contributed by atoms with Gasteiger partial charge in [0.25, 0.3) is 5.91 Å². The molecule has 1 saturated carbocycles. The van der Waals surface area contributed by atoms with Gasteiger partial charge in [-0.15, -0.1) is 0 Å². The fraction of sp³-hybridized carbons (Fsp3) is 0.500. The molecular weight excluding hydrogens is 298 g/mol. The number of benzene rings is 1. The van der Waals surface area contributed by atoms with Gasteiger partial charge in [-0.05, 0) is 60.6 Å². The van der Waals surface area contributed by atoms with Gasteiger partial charge in [0.2, 0.25) is 0 Å². The number of aromatic nitrogens is 2. The molecule has 0 aliphatic heterocycles. The molecule has 0 saturated heterocycles. The summed E-state index contributed by atoms with van der Waals surface area (Å²) in [4.78, 5) is 12.7. The highest BCUT2D eigenvalue weighted by molar-refractivity contribution is 6.05. The molecule has 2 aliphatic rings. The van der Waals surface area contributed by atoms with E-state index in [0.29, 0.717) is 23.3 Å². The van der Waals surface area contributed by atoms with Crippen LogP contribution in [0.2, 0.25) is 0 Å². The van der Waals surface area contributed by atoms with Crippen LogP contribution in [0.4, 0.5) is 5.69 Å². The predicted molar refractivity (Wildman–Crippen MR) is 95.4 cm³/mol. The Labute approximate surface area is 143 Å². The highest BCUT2D eigenvalue weighted by atomic mass is 16.1. The third-order valence-electron chi connectivity index (χ3n) is 5.90. The van der Waals surface area contributed by atoms with Crippen LogP contribution in [0.5, 0.6) is 0 Å². The number of anilines is 1. The molecule has 0 spiro atoms. The maximum absolute atomic E-state index is 12.7. The molecule has 1 heterocycles. The lowest BCUT2D eigenvalue weighted by Gasteiger charge is -2.21. The molecule has 24 heavy (non-hydrogen) atoms. The minimum atomic E-state index is -0.0575. The Bertz CT molecular complexity index is 805. The zero-order valence-corrected chi connectivity index (χ0v) is 14.8. The first-order valence-electron chi connectivity index (χ1n) is 8.91. The van der Waals surface area contributed by atoms with Crippen molar-refractivity contribution in [3.63, 3.8) is 0 Å². The number of hydrogen-bond acceptors (Lipinski definition) is 2. The Morgan fingerprint density at radius 2 is 2.04 bits per heavy atom. The number of nitrogens with one attached hydrogen (secondary N) is 1. The second-order valence-corrected chi connectivity index (χ2v) is 7.68. The van der Waals surface area contributed by atoms with Gasteiger partial charge in [-0.2, -0.15) is 5.10 Å². The van der Waals surface area contributed by atoms with Crippen LogP contribution in [0.1, 0.15) is 65.7 Å². The largest absolute Gasteiger partial charge is 0.322 e. The van der Waals surface area contributed by atoms with Crippen molar-refractivity contribution in [3.05, 3.63) is 46.8 Å². The van der Waals surface area contributed by atoms with E-state index >= 15 is 0 Å². The van der Waals surface area contributed by atoms with Crippen molar-refractivity contribution < 1.29 is 4.79 Å². The van der Waals surface area contributed by atoms with Crippen molar-refractivity contribution in [1.82, 2.24) is 9.78 Å². The predicted octanol–water partition coefficient (Wildman–Crippen LogP) is 4.23. The molecule has 1 aromatic heterocycles. The third-order valence-corrected chi connectivity index (χ3v) is 5.90. The second kappa shape index (κ2) is 5.47. The highest BCUT2D eigenvalue weighted by Crippen LogP contribution is 2.61. The van der Waals surface area contributed by atoms with Crippen LogP contribution < -0.4 is 5.32 Å². The first kappa shape index (κ1) is 15.4. The van der Waals surface area contributed by atoms with Crippen LogP contribution in [-0.2, 0) is 7.05 Å². The number of carbonyl (C=O) groups excluding carboxylic acids is 1. The van der Waals surface area contributed by atoms with Gasteiger partial charge >= 0.3 is 0 Å². The summed E-state index contributed by atoms with van der Waals surface area (Å²) in [6.45, 7) is 6.54. The van der Waals surface area contributed by atoms with E-state index in [0.717, 1.165) is 17.3 Å². The Balaban J connectivity index is 1.68. The summed E-state index contributed by atoms with van der Waals surface area (Å²) >= 11 is 0. The topological polar surface area (TPSA) is 46.9 Å². The van der Waals surface area contributed by atoms with Crippen molar-refractivity contribution in [3.8, 4) is 0 Å². The molecule has 0 radical (unpaired) electrons. The van der Waals surface area contributed by atoms with E-state index in [1.54, 1.807) is 10.9 Å². The molecule has 2 bridgehead atoms. The summed E-state index contributed by atoms with van der Waals surface area (Å²) < 4.78 is 1.69. The van der Waals surface area contributed by atoms with Crippen LogP contribution >= 0.6 is 0 Å². The summed E-state index contributed by atoms with van der Waals surface area (Å²) in [5.74, 6) is 2.61. The standard InChI is InChI=1S/C20H25N3O/c1-11(2)18-14-8-9-15(18)19-13(14)6-5-7-17(19)21-20(24)16-10-23(4)22-12(16)3/h5-7,10-11,14-15,18H,8-9H2,1-4H3,(H,21,24). The smallest absolute Gasteiger partial charge is 0.259 e. The molecule has 1 fully saturated rings. The second-order valence-electron chi connectivity index (χ2n) is 7.68. The van der Waals surface area contributed by atoms with Gasteiger partial charge in [0, 0.05) is 18.9 Å². The Morgan fingerprint density at radius 1 is 1.29 bits per heavy atom. The Kier molecular flexibility index (Phi) is 3.52. The van der Waals surface area contributed by atoms with E-state index < -0.39 is 0 Å². The monoisotopic (exact) mass is 323 g/mol. The van der Waals surface area contributed by atoms with Gasteiger partial charge in [-0.1, -0.05) is 26.0 Å². The quantitative estimate of drug-likeness (QED) is 0.919. The van der Waals surface area contributed by atoms with E-state index in [2.05, 4.69) is 42.5 Å². The third kappa shape index (κ3) is 2.20. The molecule has 126 valence electrons. The Hall–Kier alpha value is -2.10. The average molecular weight is 323 g/mol. The molecule has 4 rings (SSSR count). The average Bonchev–Trinajstić information content (AvgIpc) is 3.19. The van der Waals surface area contributed by atoms with Crippen LogP contribution in [0.15, 0.2) is 24.4 Å². The minimum absolute atomic E-state index is 0.0575. The lowest BCUT2D eigenvalue weighted by Crippen LogP contribution is -2.15. The van der Waals surface area contributed by atoms with Crippen molar-refractivity contribution >= 4 is 11.6 Å². The van der Waals surface area contributed by atoms with E-state index in [1.165, 1.54) is 24.0 Å². The Morgan fingerprint density at radius 3 is 2.71 bits per heavy atom. The van der Waals surface area contributed by atoms with E-state index in [9.17, 15) is 4.79 Å². The fourth-order valence-electron chi connectivity index (χ4n) is 5.09. The number of carbonyl (C=O) groups is 1. The minimum Gasteiger partial charge on any atom is -0.322 e. The van der Waals surface area contributed by atoms with E-state index in [-0.39, 0.29) is 5.91 Å². The molecule has 3 unspecified atom stereocenters. The van der Waals surface area contributed by atoms with Gasteiger partial charge in [0.1, 0.15) is 0 Å². The lowest BCUT2D eigenvalue weighted by atomic mass is 9.85. The van der Waals surface area contributed by atoms with Crippen molar-refractivity contribution in [2.75, 3.05) is 5.32 Å². The fourth-order valence-corrected chi connectivity index (χ4v) is 5.09. The molecule has 2 aliphatic carbocycles. The molecule has 4 heteroatoms. The molecule has 1 aromatic carbocycles. The molecule has 1 amide bonds. The molecule has 3 atom stereocenters. The molecule has 4 nitrogen and oxygen atoms in total. The lowest BCUT2D eigenvalue weighted by molar-refractivity contribution is 0.102. The van der Waals surface area contributed by atoms with Crippen molar-refractivity contribution in [2.24, 2.45) is 18.9 Å². The number of aryl methyl sites for hydroxylation is 2. The first-order chi connectivity index (χ1) is 11.5. The summed E-state index contributed by atoms with van der Waals surface area (Å²) in [6.07, 6.45) is 4.33. The number of nitrogens with zero attached hydrogens (tertiary/aromatic N) is 2. The summed E-state index contributed by atoms with van der Waals surface area (Å²) in [7, 11) is 1.84. The van der Waals surface area contributed by atoms with Gasteiger partial charge in [-0.25, -0.2) is 0 Å². The normalized spacial score (nSPS) is 24.5. The molecule has 2 aromatic rings. The number of fused-ring (bicyclic) bond motifs is 5. The maximum atomic E-state index is 12.7. The first-order valence-corrected chi connectivity index (χ1v) is 8.91. The van der Waals surface area contributed by atoms with Crippen molar-refractivity contribution in [2.45, 2.75) is 45.4 Å². The SMILES string of the molecule is Cc1nn(C)cc1C(=O)Nc1cccc2c1C1CCC2C1C(C)C. The zero-order chi connectivity index (χ0) is 17.0. The van der Waals surface area contributed by atoms with Crippen LogP contribution in [0.3, 0.4) is 0 Å². The summed E-state index contributed by atoms with van der Waals surface area (Å²) in [6, 6.07) is 6.41. The van der Waals surface area contributed by atoms with Crippen LogP contribution in [0, 0.1) is 18.8 Å². The van der Waals surface area contributed by atoms with E-state index in [4.69, 9.17) is 0 Å². The summed E-state index contributed by atoms with van der Waals surface area (Å²) in [5, 5.41) is 7.44. The highest BCUT2D eigenvalue weighted by Gasteiger charge is 2.47. The van der Waals surface area contributed by atoms with Crippen LogP contribution in [0.25, 0.3) is 0 Å². The molecular formula is C20H25N3O. The number of rotatable bonds is 3. The zero-order valence-electron chi connectivity index (χ0n) is 14.8. The molecule has 1 N–H and O–H groups in total. The van der Waals surface area contributed by atoms with Crippen LogP contribution in [-0.4, -0.2) is 15.7 Å². The van der Waals surface area contributed by atoms with E-state index in [1.807, 2.05) is 14.0 Å². The maximum Gasteiger partial charge on any atom is 0.259 e. The summed E-state index contributed by atoms with van der Waals surface area (Å²) in [5.41, 5.74) is 5.27. The number of hydrogen-bond donors (Lipinski definition) is 1. The van der Waals surface area contributed by atoms with Gasteiger partial charge in [-0.3, -0.25) is 9.48 Å².